The number of nitrogens with one attached hydrogen (secondary N) is 1. The Bertz CT molecular complexity index is 394. The van der Waals surface area contributed by atoms with Gasteiger partial charge in [0.1, 0.15) is 8.04 Å². The van der Waals surface area contributed by atoms with Gasteiger partial charge < -0.3 is 11.2 Å². The summed E-state index contributed by atoms with van der Waals surface area (Å²) in [5.41, 5.74) is 0. The van der Waals surface area contributed by atoms with Crippen molar-refractivity contribution in [3.05, 3.63) is 0 Å². The lowest BCUT2D eigenvalue weighted by Gasteiger charge is -2.47. The van der Waals surface area contributed by atoms with Crippen LogP contribution in [0.2, 0.25) is 1.41 Å². The Morgan fingerprint density at radius 3 is 1.11 bits per heavy atom. The van der Waals surface area contributed by atoms with E-state index in [-0.39, 0.29) is 0 Å². The van der Waals surface area contributed by atoms with Crippen LogP contribution in [0.4, 0.5) is 0 Å². The van der Waals surface area contributed by atoms with Gasteiger partial charge in [-0.25, -0.2) is 0 Å². The predicted octanol–water partition coefficient (Wildman–Crippen LogP) is -9.51. The van der Waals surface area contributed by atoms with Crippen molar-refractivity contribution in [3.63, 3.8) is 0 Å². The molecule has 0 aromatic carbocycles. The van der Waals surface area contributed by atoms with E-state index in [1.165, 1.54) is 7.06 Å². The highest BCUT2D eigenvalue weighted by Crippen LogP contribution is 2.11. The number of hydrogen-bond donors (Lipinski definition) is 1. The van der Waals surface area contributed by atoms with Crippen LogP contribution in [0.15, 0.2) is 0 Å². The Kier molecular flexibility index (Phi) is 14.7. The molecular weight excluding hydrogens is 422 g/mol. The number of hydrogen-bond acceptors (Lipinski definition) is 1. The van der Waals surface area contributed by atoms with E-state index in [1.54, 1.807) is 22.9 Å². The molecule has 0 aromatic rings. The van der Waals surface area contributed by atoms with Crippen molar-refractivity contribution >= 4 is 207 Å². The van der Waals surface area contributed by atoms with Crippen molar-refractivity contribution in [2.45, 2.75) is 0 Å². The molecule has 0 spiro atoms. The average Bonchev–Trinajstić information content (AvgIpc) is 2.51. The van der Waals surface area contributed by atoms with Gasteiger partial charge in [0.05, 0.1) is 0 Å². The van der Waals surface area contributed by atoms with Crippen LogP contribution < -0.4 is 3.43 Å². The maximum Gasteiger partial charge on any atom is 0.129 e. The monoisotopic (exact) mass is 430 g/mol. The molecule has 0 aliphatic carbocycles. The summed E-state index contributed by atoms with van der Waals surface area (Å²) in [6.45, 7) is -0.876. The molecule has 0 saturated carbocycles. The van der Waals surface area contributed by atoms with Crippen molar-refractivity contribution in [1.29, 1.82) is 0 Å². The van der Waals surface area contributed by atoms with Gasteiger partial charge in [0, 0.05) is 158 Å². The molecule has 0 amide bonds. The van der Waals surface area contributed by atoms with Crippen molar-refractivity contribution in [2.75, 3.05) is 0 Å². The highest BCUT2D eigenvalue weighted by molar-refractivity contribution is 14.1. The molecule has 0 unspecified atom stereocenters. The summed E-state index contributed by atoms with van der Waals surface area (Å²) < 4.78 is 9.46. The molecule has 1 N–H and O–H groups in total. The maximum absolute atomic E-state index is 8.40. The van der Waals surface area contributed by atoms with Crippen LogP contribution in [-0.4, -0.2) is 185 Å². The second-order valence-electron chi connectivity index (χ2n) is 7.13. The fourth-order valence-electron chi connectivity index (χ4n) is 3.86. The molecule has 92 valence electrons. The van der Waals surface area contributed by atoms with Gasteiger partial charge in [-0.3, -0.25) is 7.06 Å². The summed E-state index contributed by atoms with van der Waals surface area (Å²) in [7, 11) is 78.8. The zero-order chi connectivity index (χ0) is 23.2. The molecule has 0 fully saturated rings. The fourth-order valence-corrected chi connectivity index (χ4v) is 4.61. The predicted molar refractivity (Wildman–Crippen MR) is 167 cm³/mol. The molecule has 28 heteroatoms. The van der Waals surface area contributed by atoms with Gasteiger partial charge in [0.2, 0.25) is 0 Å². The first-order valence-corrected chi connectivity index (χ1v) is 9.73. The first-order chi connectivity index (χ1) is 13.2. The topological polar surface area (TPSA) is 12.0 Å². The van der Waals surface area contributed by atoms with Crippen molar-refractivity contribution in [3.8, 4) is 0 Å². The Labute approximate surface area is 210 Å². The second-order valence-corrected chi connectivity index (χ2v) is 7.69. The molecule has 0 aliphatic rings. The lowest BCUT2D eigenvalue weighted by atomic mass is 8.38. The van der Waals surface area contributed by atoms with Crippen LogP contribution in [0, 0.1) is 0 Å². The molecule has 0 saturated heterocycles. The van der Waals surface area contributed by atoms with E-state index in [9.17, 15) is 0 Å². The summed E-state index contributed by atoms with van der Waals surface area (Å²) in [5.74, 6) is 0. The highest BCUT2D eigenvalue weighted by atomic mass is 127. The smallest absolute Gasteiger partial charge is 0.129 e. The van der Waals surface area contributed by atoms with Gasteiger partial charge in [-0.1, -0.05) is 0 Å². The molecule has 0 aromatic heterocycles. The van der Waals surface area contributed by atoms with Gasteiger partial charge in [-0.2, -0.15) is 0 Å². The van der Waals surface area contributed by atoms with E-state index in [2.05, 4.69) is 0 Å². The maximum atomic E-state index is 8.40. The fraction of sp³-hybridized carbons (Fsp3) is 0. The Balaban J connectivity index is 6.81. The van der Waals surface area contributed by atoms with Gasteiger partial charge in [0.15, 0.2) is 0 Å². The van der Waals surface area contributed by atoms with Crippen molar-refractivity contribution in [2.24, 2.45) is 0 Å². The third kappa shape index (κ3) is 8.38. The van der Waals surface area contributed by atoms with E-state index < -0.39 is 76.9 Å². The zero-order valence-corrected chi connectivity index (χ0v) is 18.0. The molecule has 28 heavy (non-hydrogen) atoms. The Morgan fingerprint density at radius 1 is 0.607 bits per heavy atom. The van der Waals surface area contributed by atoms with Crippen molar-refractivity contribution in [1.82, 2.24) is 3.43 Å². The molecule has 0 heterocycles. The average molecular weight is 425 g/mol. The largest absolute Gasteiger partial charge is 0.690 e. The van der Waals surface area contributed by atoms with Crippen LogP contribution in [0.3, 0.4) is 0 Å². The summed E-state index contributed by atoms with van der Waals surface area (Å²) in [6, 6.07) is 0. The highest BCUT2D eigenvalue weighted by Gasteiger charge is 2.50. The molecular formula is HB26IN-. The van der Waals surface area contributed by atoms with Crippen LogP contribution in [-0.2, 0) is 0 Å². The quantitative estimate of drug-likeness (QED) is 0.176. The van der Waals surface area contributed by atoms with Gasteiger partial charge in [0.25, 0.3) is 0 Å². The normalized spacial score (nSPS) is 10.2. The molecule has 0 rings (SSSR count). The standard InChI is InChI=1S/B26HIN/c1-14-21(15(2)3)24(20(12)13)26(28-27)25(22(16(4)5)17(6)7)23(18(8)9)19(10)11/h28H/q-1/i/hT. The van der Waals surface area contributed by atoms with Crippen LogP contribution in [0.25, 0.3) is 0 Å². The van der Waals surface area contributed by atoms with E-state index in [4.69, 9.17) is 102 Å². The zero-order valence-electron chi connectivity index (χ0n) is 16.8. The number of halogens is 1. The molecule has 0 atom stereocenters. The van der Waals surface area contributed by atoms with E-state index >= 15 is 0 Å². The molecule has 1 nitrogen and oxygen atoms in total. The van der Waals surface area contributed by atoms with Gasteiger partial charge in [-0.05, 0) is 28.2 Å². The third-order valence-corrected chi connectivity index (χ3v) is 5.77. The van der Waals surface area contributed by atoms with Crippen LogP contribution in [0.1, 0.15) is 0 Å². The Morgan fingerprint density at radius 2 is 0.929 bits per heavy atom. The first-order valence-electron chi connectivity index (χ1n) is 9.21. The SMILES string of the molecule is [3H]N(I)B(B(B([B])[B])B([B][B-])B([B])[B])B(B(B([B])[B])B([B])[B])B(B([B])[B])B([B])[B]. The molecule has 0 bridgehead atoms. The van der Waals surface area contributed by atoms with Gasteiger partial charge in [-0.15, -0.1) is 0 Å². The second kappa shape index (κ2) is 14.5. The van der Waals surface area contributed by atoms with E-state index in [1.807, 2.05) is 0 Å². The lowest BCUT2D eigenvalue weighted by molar-refractivity contribution is 1.79. The lowest BCUT2D eigenvalue weighted by Crippen LogP contribution is -2.86. The molecule has 0 aliphatic heterocycles. The van der Waals surface area contributed by atoms with Gasteiger partial charge >= 0.3 is 0 Å². The minimum Gasteiger partial charge on any atom is -0.690 e. The van der Waals surface area contributed by atoms with Crippen molar-refractivity contribution < 1.29 is 1.41 Å². The summed E-state index contributed by atoms with van der Waals surface area (Å²) in [5, 5.41) is 0. The Hall–Kier alpha value is 2.38. The summed E-state index contributed by atoms with van der Waals surface area (Å²) >= 11 is 1.73. The van der Waals surface area contributed by atoms with Crippen LogP contribution in [0.5, 0.6) is 0 Å². The minimum absolute atomic E-state index is 0.711. The summed E-state index contributed by atoms with van der Waals surface area (Å²) in [4.78, 5) is 0. The minimum atomic E-state index is -1.03. The molecule has 28 radical (unpaired) electrons. The number of rotatable bonds is 13. The summed E-state index contributed by atoms with van der Waals surface area (Å²) in [6.07, 6.45) is -10.0. The van der Waals surface area contributed by atoms with E-state index in [0.29, 0.717) is 0 Å². The third-order valence-electron chi connectivity index (χ3n) is 5.12. The van der Waals surface area contributed by atoms with E-state index in [0.717, 1.165) is 3.43 Å². The van der Waals surface area contributed by atoms with Crippen LogP contribution >= 0.6 is 22.9 Å². The first kappa shape index (κ1) is 28.4.